The maximum atomic E-state index is 12.0. The van der Waals surface area contributed by atoms with Crippen molar-refractivity contribution in [3.8, 4) is 0 Å². The summed E-state index contributed by atoms with van der Waals surface area (Å²) in [5.74, 6) is -0.565. The van der Waals surface area contributed by atoms with E-state index in [0.29, 0.717) is 12.8 Å². The molecule has 0 saturated carbocycles. The average Bonchev–Trinajstić information content (AvgIpc) is 2.68. The summed E-state index contributed by atoms with van der Waals surface area (Å²) in [6.07, 6.45) is -0.559. The monoisotopic (exact) mass is 391 g/mol. The molecule has 2 atom stereocenters. The highest BCUT2D eigenvalue weighted by molar-refractivity contribution is 7.89. The van der Waals surface area contributed by atoms with Crippen LogP contribution in [0.4, 0.5) is 0 Å². The van der Waals surface area contributed by atoms with Crippen molar-refractivity contribution in [2.24, 2.45) is 5.73 Å². The number of hydrogen-bond donors (Lipinski definition) is 4. The molecule has 2 unspecified atom stereocenters. The largest absolute Gasteiger partial charge is 0.382 e. The standard InChI is InChI=1S/C19H25N3O4S/c20-17(14-15-8-3-1-4-9-15)18(23)19(24)21-12-7-13-22-27(25,26)16-10-5-2-6-11-16/h1-6,8-11,17-18,22-23H,7,12-14,20H2,(H,21,24). The van der Waals surface area contributed by atoms with E-state index in [4.69, 9.17) is 5.73 Å². The molecule has 2 aromatic rings. The molecule has 0 radical (unpaired) electrons. The summed E-state index contributed by atoms with van der Waals surface area (Å²) in [5, 5.41) is 12.6. The van der Waals surface area contributed by atoms with Crippen LogP contribution in [-0.2, 0) is 21.2 Å². The molecular weight excluding hydrogens is 366 g/mol. The van der Waals surface area contributed by atoms with Crippen LogP contribution in [0.3, 0.4) is 0 Å². The normalized spacial score (nSPS) is 13.7. The van der Waals surface area contributed by atoms with E-state index in [1.54, 1.807) is 18.2 Å². The van der Waals surface area contributed by atoms with Gasteiger partial charge in [-0.1, -0.05) is 48.5 Å². The lowest BCUT2D eigenvalue weighted by Gasteiger charge is -2.18. The van der Waals surface area contributed by atoms with Crippen LogP contribution >= 0.6 is 0 Å². The van der Waals surface area contributed by atoms with Crippen LogP contribution in [0, 0.1) is 0 Å². The van der Waals surface area contributed by atoms with Crippen LogP contribution < -0.4 is 15.8 Å². The number of hydrogen-bond acceptors (Lipinski definition) is 5. The first-order chi connectivity index (χ1) is 12.9. The summed E-state index contributed by atoms with van der Waals surface area (Å²) in [5.41, 5.74) is 6.84. The number of carbonyl (C=O) groups excluding carboxylic acids is 1. The number of rotatable bonds is 10. The first kappa shape index (κ1) is 21.0. The van der Waals surface area contributed by atoms with Gasteiger partial charge in [-0.2, -0.15) is 0 Å². The van der Waals surface area contributed by atoms with Gasteiger partial charge in [0.25, 0.3) is 0 Å². The minimum Gasteiger partial charge on any atom is -0.382 e. The number of aliphatic hydroxyl groups excluding tert-OH is 1. The van der Waals surface area contributed by atoms with E-state index in [-0.39, 0.29) is 18.0 Å². The van der Waals surface area contributed by atoms with Gasteiger partial charge >= 0.3 is 0 Å². The first-order valence-corrected chi connectivity index (χ1v) is 10.2. The Morgan fingerprint density at radius 2 is 1.59 bits per heavy atom. The van der Waals surface area contributed by atoms with E-state index >= 15 is 0 Å². The molecule has 0 aromatic heterocycles. The molecule has 1 amide bonds. The van der Waals surface area contributed by atoms with Crippen LogP contribution in [0.25, 0.3) is 0 Å². The number of nitrogens with two attached hydrogens (primary N) is 1. The first-order valence-electron chi connectivity index (χ1n) is 8.70. The van der Waals surface area contributed by atoms with Gasteiger partial charge in [0.1, 0.15) is 6.10 Å². The fourth-order valence-corrected chi connectivity index (χ4v) is 3.58. The van der Waals surface area contributed by atoms with Crippen molar-refractivity contribution in [3.63, 3.8) is 0 Å². The van der Waals surface area contributed by atoms with E-state index in [1.807, 2.05) is 30.3 Å². The van der Waals surface area contributed by atoms with Gasteiger partial charge in [-0.3, -0.25) is 4.79 Å². The van der Waals surface area contributed by atoms with Crippen LogP contribution in [0.2, 0.25) is 0 Å². The molecule has 2 aromatic carbocycles. The predicted octanol–water partition coefficient (Wildman–Crippen LogP) is 0.402. The van der Waals surface area contributed by atoms with Gasteiger partial charge in [0, 0.05) is 19.1 Å². The summed E-state index contributed by atoms with van der Waals surface area (Å²) in [7, 11) is -3.56. The maximum absolute atomic E-state index is 12.0. The zero-order valence-corrected chi connectivity index (χ0v) is 15.7. The Hall–Kier alpha value is -2.26. The molecule has 2 rings (SSSR count). The van der Waals surface area contributed by atoms with Gasteiger partial charge in [0.15, 0.2) is 0 Å². The lowest BCUT2D eigenvalue weighted by atomic mass is 10.0. The molecule has 0 aliphatic carbocycles. The fourth-order valence-electron chi connectivity index (χ4n) is 2.49. The number of sulfonamides is 1. The van der Waals surface area contributed by atoms with Gasteiger partial charge in [-0.05, 0) is 30.5 Å². The smallest absolute Gasteiger partial charge is 0.250 e. The molecule has 5 N–H and O–H groups in total. The molecule has 0 saturated heterocycles. The topological polar surface area (TPSA) is 122 Å². The van der Waals surface area contributed by atoms with Crippen LogP contribution in [-0.4, -0.2) is 44.7 Å². The number of aliphatic hydroxyl groups is 1. The third kappa shape index (κ3) is 6.76. The Morgan fingerprint density at radius 3 is 2.22 bits per heavy atom. The van der Waals surface area contributed by atoms with Crippen molar-refractivity contribution in [3.05, 3.63) is 66.2 Å². The molecule has 0 bridgehead atoms. The molecule has 27 heavy (non-hydrogen) atoms. The van der Waals surface area contributed by atoms with Crippen molar-refractivity contribution in [2.75, 3.05) is 13.1 Å². The molecular formula is C19H25N3O4S. The Morgan fingerprint density at radius 1 is 1.00 bits per heavy atom. The number of benzene rings is 2. The van der Waals surface area contributed by atoms with Crippen molar-refractivity contribution in [1.29, 1.82) is 0 Å². The highest BCUT2D eigenvalue weighted by atomic mass is 32.2. The van der Waals surface area contributed by atoms with E-state index in [1.165, 1.54) is 12.1 Å². The summed E-state index contributed by atoms with van der Waals surface area (Å²) < 4.78 is 26.6. The van der Waals surface area contributed by atoms with Crippen LogP contribution in [0.1, 0.15) is 12.0 Å². The molecule has 0 aliphatic rings. The number of carbonyl (C=O) groups is 1. The predicted molar refractivity (Wildman–Crippen MR) is 103 cm³/mol. The van der Waals surface area contributed by atoms with Crippen LogP contribution in [0.15, 0.2) is 65.6 Å². The van der Waals surface area contributed by atoms with Crippen molar-refractivity contribution in [1.82, 2.24) is 10.0 Å². The second-order valence-electron chi connectivity index (χ2n) is 6.15. The molecule has 0 fully saturated rings. The van der Waals surface area contributed by atoms with Gasteiger partial charge in [0.2, 0.25) is 15.9 Å². The third-order valence-electron chi connectivity index (χ3n) is 3.99. The molecule has 8 heteroatoms. The Bertz CT molecular complexity index is 813. The Kier molecular flexibility index (Phi) is 7.93. The zero-order chi connectivity index (χ0) is 19.7. The maximum Gasteiger partial charge on any atom is 0.250 e. The van der Waals surface area contributed by atoms with Crippen molar-refractivity contribution >= 4 is 15.9 Å². The lowest BCUT2D eigenvalue weighted by molar-refractivity contribution is -0.130. The van der Waals surface area contributed by atoms with E-state index < -0.39 is 28.1 Å². The summed E-state index contributed by atoms with van der Waals surface area (Å²) in [6.45, 7) is 0.398. The molecule has 146 valence electrons. The van der Waals surface area contributed by atoms with E-state index in [9.17, 15) is 18.3 Å². The summed E-state index contributed by atoms with van der Waals surface area (Å²) in [4.78, 5) is 12.2. The van der Waals surface area contributed by atoms with Crippen molar-refractivity contribution < 1.29 is 18.3 Å². The highest BCUT2D eigenvalue weighted by Crippen LogP contribution is 2.07. The second-order valence-corrected chi connectivity index (χ2v) is 7.92. The number of amides is 1. The highest BCUT2D eigenvalue weighted by Gasteiger charge is 2.22. The van der Waals surface area contributed by atoms with E-state index in [0.717, 1.165) is 5.56 Å². The SMILES string of the molecule is NC(Cc1ccccc1)C(O)C(=O)NCCCNS(=O)(=O)c1ccccc1. The second kappa shape index (κ2) is 10.2. The fraction of sp³-hybridized carbons (Fsp3) is 0.316. The molecule has 0 heterocycles. The Labute approximate surface area is 159 Å². The molecule has 0 aliphatic heterocycles. The van der Waals surface area contributed by atoms with E-state index in [2.05, 4.69) is 10.0 Å². The lowest BCUT2D eigenvalue weighted by Crippen LogP contribution is -2.47. The van der Waals surface area contributed by atoms with Gasteiger partial charge in [0.05, 0.1) is 4.90 Å². The van der Waals surface area contributed by atoms with Gasteiger partial charge < -0.3 is 16.2 Å². The van der Waals surface area contributed by atoms with Crippen molar-refractivity contribution in [2.45, 2.75) is 29.9 Å². The Balaban J connectivity index is 1.69. The van der Waals surface area contributed by atoms with Gasteiger partial charge in [-0.25, -0.2) is 13.1 Å². The molecule has 0 spiro atoms. The zero-order valence-electron chi connectivity index (χ0n) is 14.9. The number of nitrogens with one attached hydrogen (secondary N) is 2. The van der Waals surface area contributed by atoms with Gasteiger partial charge in [-0.15, -0.1) is 0 Å². The quantitative estimate of drug-likeness (QED) is 0.437. The average molecular weight is 391 g/mol. The summed E-state index contributed by atoms with van der Waals surface area (Å²) in [6, 6.07) is 16.7. The minimum absolute atomic E-state index is 0.170. The van der Waals surface area contributed by atoms with Crippen LogP contribution in [0.5, 0.6) is 0 Å². The molecule has 7 nitrogen and oxygen atoms in total. The minimum atomic E-state index is -3.56. The third-order valence-corrected chi connectivity index (χ3v) is 5.46. The summed E-state index contributed by atoms with van der Waals surface area (Å²) >= 11 is 0.